The summed E-state index contributed by atoms with van der Waals surface area (Å²) in [5.41, 5.74) is 6.30. The van der Waals surface area contributed by atoms with Crippen LogP contribution in [0.3, 0.4) is 0 Å². The van der Waals surface area contributed by atoms with Crippen LogP contribution < -0.4 is 10.5 Å². The number of benzene rings is 1. The van der Waals surface area contributed by atoms with Crippen molar-refractivity contribution >= 4 is 5.69 Å². The van der Waals surface area contributed by atoms with Gasteiger partial charge in [-0.1, -0.05) is 0 Å². The number of hydrogen-bond acceptors (Lipinski definition) is 7. The summed E-state index contributed by atoms with van der Waals surface area (Å²) in [5, 5.41) is 9.51. The van der Waals surface area contributed by atoms with Crippen LogP contribution in [0.2, 0.25) is 0 Å². The number of hydrogen-bond donors (Lipinski definition) is 2. The molecule has 0 radical (unpaired) electrons. The van der Waals surface area contributed by atoms with Gasteiger partial charge >= 0.3 is 0 Å². The quantitative estimate of drug-likeness (QED) is 0.735. The lowest BCUT2D eigenvalue weighted by Crippen LogP contribution is -2.61. The summed E-state index contributed by atoms with van der Waals surface area (Å²) in [6, 6.07) is 6.94. The second-order valence-corrected chi connectivity index (χ2v) is 5.01. The normalized spacial score (nSPS) is 31.9. The van der Waals surface area contributed by atoms with Gasteiger partial charge in [0.25, 0.3) is 0 Å². The number of aliphatic hydroxyl groups is 1. The second kappa shape index (κ2) is 7.75. The standard InChI is InChI=1S/C15H23NO6/c1-18-12-11(8-17)22-15(14(20-3)13(12)19-2)21-10-6-4-9(16)5-7-10/h4-7,11-15,17H,8,16H2,1-3H3/t11-,12+,13+,14-,15+/m1/s1. The van der Waals surface area contributed by atoms with Crippen LogP contribution in [0.5, 0.6) is 5.75 Å². The van der Waals surface area contributed by atoms with Crippen molar-refractivity contribution in [3.8, 4) is 5.75 Å². The van der Waals surface area contributed by atoms with Gasteiger partial charge in [0.15, 0.2) is 0 Å². The van der Waals surface area contributed by atoms with Gasteiger partial charge < -0.3 is 34.5 Å². The van der Waals surface area contributed by atoms with Crippen molar-refractivity contribution in [3.63, 3.8) is 0 Å². The summed E-state index contributed by atoms with van der Waals surface area (Å²) in [6.07, 6.45) is -2.69. The molecule has 2 rings (SSSR count). The van der Waals surface area contributed by atoms with Gasteiger partial charge in [0.1, 0.15) is 30.2 Å². The SMILES string of the molecule is CO[C@H]1[C@@H](OC)[C@@H](CO)O[C@H](Oc2ccc(N)cc2)[C@@H]1OC. The van der Waals surface area contributed by atoms with Crippen LogP contribution in [0.1, 0.15) is 0 Å². The fourth-order valence-electron chi connectivity index (χ4n) is 2.60. The highest BCUT2D eigenvalue weighted by Crippen LogP contribution is 2.29. The Bertz CT molecular complexity index is 454. The lowest BCUT2D eigenvalue weighted by atomic mass is 9.98. The monoisotopic (exact) mass is 313 g/mol. The molecule has 0 unspecified atom stereocenters. The zero-order chi connectivity index (χ0) is 16.1. The van der Waals surface area contributed by atoms with Crippen molar-refractivity contribution in [3.05, 3.63) is 24.3 Å². The molecule has 0 spiro atoms. The number of methoxy groups -OCH3 is 3. The number of nitrogen functional groups attached to an aromatic ring is 1. The Hall–Kier alpha value is -1.38. The molecule has 1 heterocycles. The van der Waals surface area contributed by atoms with Gasteiger partial charge in [-0.2, -0.15) is 0 Å². The number of ether oxygens (including phenoxy) is 5. The number of rotatable bonds is 6. The molecule has 5 atom stereocenters. The third-order valence-electron chi connectivity index (χ3n) is 3.72. The van der Waals surface area contributed by atoms with E-state index >= 15 is 0 Å². The number of aliphatic hydroxyl groups excluding tert-OH is 1. The lowest BCUT2D eigenvalue weighted by molar-refractivity contribution is -0.291. The van der Waals surface area contributed by atoms with Crippen LogP contribution in [0, 0.1) is 0 Å². The first-order chi connectivity index (χ1) is 10.6. The first kappa shape index (κ1) is 17.0. The van der Waals surface area contributed by atoms with Crippen molar-refractivity contribution in [1.29, 1.82) is 0 Å². The van der Waals surface area contributed by atoms with Gasteiger partial charge in [-0.25, -0.2) is 0 Å². The highest BCUT2D eigenvalue weighted by molar-refractivity contribution is 5.41. The Morgan fingerprint density at radius 2 is 1.59 bits per heavy atom. The second-order valence-electron chi connectivity index (χ2n) is 5.01. The molecule has 7 nitrogen and oxygen atoms in total. The fourth-order valence-corrected chi connectivity index (χ4v) is 2.60. The van der Waals surface area contributed by atoms with E-state index in [4.69, 9.17) is 29.4 Å². The van der Waals surface area contributed by atoms with Gasteiger partial charge in [0.2, 0.25) is 6.29 Å². The van der Waals surface area contributed by atoms with Crippen LogP contribution in [0.25, 0.3) is 0 Å². The maximum absolute atomic E-state index is 9.51. The molecule has 1 aromatic rings. The molecule has 3 N–H and O–H groups in total. The van der Waals surface area contributed by atoms with Gasteiger partial charge in [0, 0.05) is 27.0 Å². The first-order valence-electron chi connectivity index (χ1n) is 7.01. The summed E-state index contributed by atoms with van der Waals surface area (Å²) in [6.45, 7) is -0.212. The van der Waals surface area contributed by atoms with Crippen molar-refractivity contribution in [1.82, 2.24) is 0 Å². The molecule has 124 valence electrons. The number of anilines is 1. The van der Waals surface area contributed by atoms with E-state index in [1.54, 1.807) is 38.5 Å². The highest BCUT2D eigenvalue weighted by atomic mass is 16.7. The molecular formula is C15H23NO6. The van der Waals surface area contributed by atoms with Crippen LogP contribution in [-0.4, -0.2) is 63.7 Å². The molecule has 1 saturated heterocycles. The van der Waals surface area contributed by atoms with Crippen molar-refractivity contribution in [2.75, 3.05) is 33.7 Å². The Morgan fingerprint density at radius 3 is 2.09 bits per heavy atom. The van der Waals surface area contributed by atoms with Crippen molar-refractivity contribution in [2.24, 2.45) is 0 Å². The minimum Gasteiger partial charge on any atom is -0.462 e. The van der Waals surface area contributed by atoms with E-state index in [9.17, 15) is 5.11 Å². The molecule has 0 aromatic heterocycles. The lowest BCUT2D eigenvalue weighted by Gasteiger charge is -2.44. The largest absolute Gasteiger partial charge is 0.462 e. The maximum Gasteiger partial charge on any atom is 0.229 e. The van der Waals surface area contributed by atoms with Crippen LogP contribution >= 0.6 is 0 Å². The van der Waals surface area contributed by atoms with E-state index in [0.717, 1.165) is 0 Å². The van der Waals surface area contributed by atoms with E-state index in [0.29, 0.717) is 11.4 Å². The summed E-state index contributed by atoms with van der Waals surface area (Å²) in [7, 11) is 4.64. The molecular weight excluding hydrogens is 290 g/mol. The van der Waals surface area contributed by atoms with Gasteiger partial charge in [-0.15, -0.1) is 0 Å². The van der Waals surface area contributed by atoms with Gasteiger partial charge in [0.05, 0.1) is 6.61 Å². The first-order valence-corrected chi connectivity index (χ1v) is 7.01. The van der Waals surface area contributed by atoms with E-state index in [-0.39, 0.29) is 6.61 Å². The number of nitrogens with two attached hydrogens (primary N) is 1. The predicted molar refractivity (Wildman–Crippen MR) is 79.6 cm³/mol. The summed E-state index contributed by atoms with van der Waals surface area (Å²) < 4.78 is 27.9. The van der Waals surface area contributed by atoms with Crippen LogP contribution in [0.4, 0.5) is 5.69 Å². The van der Waals surface area contributed by atoms with E-state index < -0.39 is 30.7 Å². The molecule has 0 bridgehead atoms. The molecule has 1 aromatic carbocycles. The summed E-state index contributed by atoms with van der Waals surface area (Å²) in [4.78, 5) is 0. The zero-order valence-corrected chi connectivity index (χ0v) is 13.0. The highest BCUT2D eigenvalue weighted by Gasteiger charge is 2.48. The molecule has 1 aliphatic rings. The predicted octanol–water partition coefficient (Wildman–Crippen LogP) is 0.410. The Balaban J connectivity index is 2.19. The van der Waals surface area contributed by atoms with Gasteiger partial charge in [-0.05, 0) is 24.3 Å². The minimum atomic E-state index is -0.734. The molecule has 1 aliphatic heterocycles. The zero-order valence-electron chi connectivity index (χ0n) is 13.0. The molecule has 22 heavy (non-hydrogen) atoms. The third-order valence-corrected chi connectivity index (χ3v) is 3.72. The molecule has 7 heteroatoms. The van der Waals surface area contributed by atoms with E-state index in [1.165, 1.54) is 7.11 Å². The van der Waals surface area contributed by atoms with Crippen molar-refractivity contribution < 1.29 is 28.8 Å². The van der Waals surface area contributed by atoms with Gasteiger partial charge in [-0.3, -0.25) is 0 Å². The molecule has 0 aliphatic carbocycles. The van der Waals surface area contributed by atoms with E-state index in [1.807, 2.05) is 0 Å². The van der Waals surface area contributed by atoms with Crippen molar-refractivity contribution in [2.45, 2.75) is 30.7 Å². The minimum absolute atomic E-state index is 0.212. The molecule has 0 saturated carbocycles. The smallest absolute Gasteiger partial charge is 0.229 e. The molecule has 0 amide bonds. The average molecular weight is 313 g/mol. The van der Waals surface area contributed by atoms with E-state index in [2.05, 4.69) is 0 Å². The van der Waals surface area contributed by atoms with Crippen LogP contribution in [0.15, 0.2) is 24.3 Å². The topological polar surface area (TPSA) is 92.4 Å². The van der Waals surface area contributed by atoms with Crippen LogP contribution in [-0.2, 0) is 18.9 Å². The Labute approximate surface area is 129 Å². The Kier molecular flexibility index (Phi) is 5.98. The summed E-state index contributed by atoms with van der Waals surface area (Å²) >= 11 is 0. The summed E-state index contributed by atoms with van der Waals surface area (Å²) in [5.74, 6) is 0.587. The molecule has 1 fully saturated rings. The third kappa shape index (κ3) is 3.50. The maximum atomic E-state index is 9.51. The average Bonchev–Trinajstić information content (AvgIpc) is 2.55. The Morgan fingerprint density at radius 1 is 1.00 bits per heavy atom. The fraction of sp³-hybridized carbons (Fsp3) is 0.600.